The van der Waals surface area contributed by atoms with Gasteiger partial charge in [-0.05, 0) is 19.8 Å². The number of ketones is 1. The smallest absolute Gasteiger partial charge is 0.237 e. The fraction of sp³-hybridized carbons (Fsp3) is 0.812. The highest BCUT2D eigenvalue weighted by Gasteiger charge is 2.21. The Morgan fingerprint density at radius 1 is 0.864 bits per heavy atom. The molecule has 0 spiro atoms. The van der Waals surface area contributed by atoms with Crippen molar-refractivity contribution in [3.63, 3.8) is 0 Å². The first-order valence-corrected chi connectivity index (χ1v) is 7.99. The van der Waals surface area contributed by atoms with Crippen LogP contribution in [0, 0.1) is 11.8 Å². The number of rotatable bonds is 10. The number of hydrogen-bond donors (Lipinski definition) is 3. The highest BCUT2D eigenvalue weighted by Crippen LogP contribution is 2.00. The van der Waals surface area contributed by atoms with E-state index in [1.54, 1.807) is 13.8 Å². The average molecular weight is 313 g/mol. The Kier molecular flexibility index (Phi) is 9.65. The van der Waals surface area contributed by atoms with Crippen LogP contribution in [0.5, 0.6) is 0 Å². The maximum absolute atomic E-state index is 11.9. The molecular weight excluding hydrogens is 282 g/mol. The van der Waals surface area contributed by atoms with Crippen LogP contribution in [0.4, 0.5) is 0 Å². The highest BCUT2D eigenvalue weighted by molar-refractivity contribution is 5.91. The van der Waals surface area contributed by atoms with Crippen LogP contribution in [0.2, 0.25) is 0 Å². The molecule has 0 fully saturated rings. The summed E-state index contributed by atoms with van der Waals surface area (Å²) in [6.07, 6.45) is 0.505. The van der Waals surface area contributed by atoms with Gasteiger partial charge < -0.3 is 16.0 Å². The Balaban J connectivity index is 3.97. The third kappa shape index (κ3) is 8.77. The standard InChI is InChI=1S/C16H31N3O3/c1-10(2)9-14(20)18-8-7-17-13(6)16(22)19-12(5)15(21)11(3)4/h10-13,17H,7-9H2,1-6H3,(H,18,20)(H,19,22)/t12-,13-/m0/s1. The molecule has 0 aromatic rings. The summed E-state index contributed by atoms with van der Waals surface area (Å²) in [6.45, 7) is 12.0. The molecule has 0 aliphatic heterocycles. The van der Waals surface area contributed by atoms with Gasteiger partial charge in [0.2, 0.25) is 11.8 Å². The quantitative estimate of drug-likeness (QED) is 0.522. The summed E-state index contributed by atoms with van der Waals surface area (Å²) < 4.78 is 0. The van der Waals surface area contributed by atoms with Crippen molar-refractivity contribution in [2.45, 2.75) is 60.0 Å². The summed E-state index contributed by atoms with van der Waals surface area (Å²) in [4.78, 5) is 35.1. The molecule has 0 saturated heterocycles. The minimum Gasteiger partial charge on any atom is -0.355 e. The first-order chi connectivity index (χ1) is 10.1. The van der Waals surface area contributed by atoms with Crippen LogP contribution in [-0.4, -0.2) is 42.8 Å². The molecule has 128 valence electrons. The average Bonchev–Trinajstić information content (AvgIpc) is 2.41. The normalized spacial score (nSPS) is 13.8. The summed E-state index contributed by atoms with van der Waals surface area (Å²) in [5.41, 5.74) is 0. The van der Waals surface area contributed by atoms with Gasteiger partial charge in [-0.3, -0.25) is 14.4 Å². The largest absolute Gasteiger partial charge is 0.355 e. The van der Waals surface area contributed by atoms with Gasteiger partial charge in [-0.2, -0.15) is 0 Å². The van der Waals surface area contributed by atoms with Crippen LogP contribution < -0.4 is 16.0 Å². The van der Waals surface area contributed by atoms with E-state index >= 15 is 0 Å². The third-order valence-electron chi connectivity index (χ3n) is 3.24. The lowest BCUT2D eigenvalue weighted by atomic mass is 10.0. The van der Waals surface area contributed by atoms with E-state index in [2.05, 4.69) is 16.0 Å². The first kappa shape index (κ1) is 20.6. The second-order valence-electron chi connectivity index (χ2n) is 6.41. The summed E-state index contributed by atoms with van der Waals surface area (Å²) in [5.74, 6) is 0.0499. The molecule has 0 aromatic carbocycles. The SMILES string of the molecule is CC(C)CC(=O)NCCN[C@@H](C)C(=O)N[C@@H](C)C(=O)C(C)C. The zero-order valence-corrected chi connectivity index (χ0v) is 14.7. The van der Waals surface area contributed by atoms with E-state index in [9.17, 15) is 14.4 Å². The molecule has 0 heterocycles. The monoisotopic (exact) mass is 313 g/mol. The molecule has 0 radical (unpaired) electrons. The van der Waals surface area contributed by atoms with E-state index in [1.807, 2.05) is 27.7 Å². The van der Waals surface area contributed by atoms with Crippen molar-refractivity contribution in [1.82, 2.24) is 16.0 Å². The molecule has 0 bridgehead atoms. The van der Waals surface area contributed by atoms with Gasteiger partial charge in [-0.1, -0.05) is 27.7 Å². The predicted molar refractivity (Wildman–Crippen MR) is 87.4 cm³/mol. The second kappa shape index (κ2) is 10.3. The molecule has 0 saturated carbocycles. The maximum atomic E-state index is 11.9. The van der Waals surface area contributed by atoms with Crippen molar-refractivity contribution in [1.29, 1.82) is 0 Å². The number of carbonyl (C=O) groups is 3. The van der Waals surface area contributed by atoms with Gasteiger partial charge in [0.05, 0.1) is 12.1 Å². The topological polar surface area (TPSA) is 87.3 Å². The van der Waals surface area contributed by atoms with E-state index in [-0.39, 0.29) is 23.5 Å². The first-order valence-electron chi connectivity index (χ1n) is 7.99. The van der Waals surface area contributed by atoms with E-state index in [0.717, 1.165) is 0 Å². The second-order valence-corrected chi connectivity index (χ2v) is 6.41. The van der Waals surface area contributed by atoms with Crippen LogP contribution >= 0.6 is 0 Å². The van der Waals surface area contributed by atoms with Gasteiger partial charge in [0.1, 0.15) is 0 Å². The fourth-order valence-corrected chi connectivity index (χ4v) is 1.94. The number of carbonyl (C=O) groups excluding carboxylic acids is 3. The minimum absolute atomic E-state index is 0.0153. The molecule has 0 rings (SSSR count). The predicted octanol–water partition coefficient (Wildman–Crippen LogP) is 0.857. The summed E-state index contributed by atoms with van der Waals surface area (Å²) in [6, 6.07) is -0.896. The zero-order chi connectivity index (χ0) is 17.3. The molecule has 6 heteroatoms. The van der Waals surface area contributed by atoms with Gasteiger partial charge in [-0.25, -0.2) is 0 Å². The lowest BCUT2D eigenvalue weighted by Crippen LogP contribution is -2.49. The molecule has 6 nitrogen and oxygen atoms in total. The lowest BCUT2D eigenvalue weighted by Gasteiger charge is -2.19. The van der Waals surface area contributed by atoms with Crippen molar-refractivity contribution in [3.05, 3.63) is 0 Å². The van der Waals surface area contributed by atoms with Crippen molar-refractivity contribution >= 4 is 17.6 Å². The van der Waals surface area contributed by atoms with Crippen molar-refractivity contribution < 1.29 is 14.4 Å². The Morgan fingerprint density at radius 3 is 1.95 bits per heavy atom. The van der Waals surface area contributed by atoms with Crippen LogP contribution in [0.1, 0.15) is 48.0 Å². The number of amides is 2. The van der Waals surface area contributed by atoms with E-state index in [0.29, 0.717) is 25.4 Å². The van der Waals surface area contributed by atoms with Crippen molar-refractivity contribution in [2.24, 2.45) is 11.8 Å². The minimum atomic E-state index is -0.484. The van der Waals surface area contributed by atoms with E-state index in [1.165, 1.54) is 0 Å². The van der Waals surface area contributed by atoms with Crippen LogP contribution in [-0.2, 0) is 14.4 Å². The summed E-state index contributed by atoms with van der Waals surface area (Å²) in [5, 5.41) is 8.52. The molecule has 0 unspecified atom stereocenters. The van der Waals surface area contributed by atoms with Gasteiger partial charge >= 0.3 is 0 Å². The Labute approximate surface area is 133 Å². The third-order valence-corrected chi connectivity index (χ3v) is 3.24. The highest BCUT2D eigenvalue weighted by atomic mass is 16.2. The molecule has 2 atom stereocenters. The molecule has 0 aliphatic carbocycles. The molecule has 22 heavy (non-hydrogen) atoms. The molecular formula is C16H31N3O3. The molecule has 3 N–H and O–H groups in total. The van der Waals surface area contributed by atoms with Gasteiger partial charge in [0.25, 0.3) is 0 Å². The van der Waals surface area contributed by atoms with Crippen molar-refractivity contribution in [2.75, 3.05) is 13.1 Å². The number of Topliss-reactive ketones (excluding diaryl/α,β-unsaturated/α-hetero) is 1. The number of hydrogen-bond acceptors (Lipinski definition) is 4. The molecule has 2 amide bonds. The van der Waals surface area contributed by atoms with E-state index in [4.69, 9.17) is 0 Å². The Hall–Kier alpha value is -1.43. The maximum Gasteiger partial charge on any atom is 0.237 e. The number of nitrogens with one attached hydrogen (secondary N) is 3. The molecule has 0 aliphatic rings. The summed E-state index contributed by atoms with van der Waals surface area (Å²) in [7, 11) is 0. The lowest BCUT2D eigenvalue weighted by molar-refractivity contribution is -0.129. The molecule has 0 aromatic heterocycles. The van der Waals surface area contributed by atoms with Crippen LogP contribution in [0.25, 0.3) is 0 Å². The summed E-state index contributed by atoms with van der Waals surface area (Å²) >= 11 is 0. The van der Waals surface area contributed by atoms with Gasteiger partial charge in [-0.15, -0.1) is 0 Å². The fourth-order valence-electron chi connectivity index (χ4n) is 1.94. The van der Waals surface area contributed by atoms with Crippen molar-refractivity contribution in [3.8, 4) is 0 Å². The van der Waals surface area contributed by atoms with E-state index < -0.39 is 12.1 Å². The Bertz CT molecular complexity index is 381. The van der Waals surface area contributed by atoms with Crippen LogP contribution in [0.3, 0.4) is 0 Å². The van der Waals surface area contributed by atoms with Crippen LogP contribution in [0.15, 0.2) is 0 Å². The zero-order valence-electron chi connectivity index (χ0n) is 14.7. The Morgan fingerprint density at radius 2 is 1.45 bits per heavy atom. The van der Waals surface area contributed by atoms with Gasteiger partial charge in [0.15, 0.2) is 5.78 Å². The van der Waals surface area contributed by atoms with Gasteiger partial charge in [0, 0.05) is 25.4 Å².